The zero-order valence-corrected chi connectivity index (χ0v) is 20.0. The van der Waals surface area contributed by atoms with Crippen molar-refractivity contribution in [3.05, 3.63) is 24.3 Å². The molecule has 0 atom stereocenters. The fourth-order valence-corrected chi connectivity index (χ4v) is 3.50. The Morgan fingerprint density at radius 2 is 0.781 bits per heavy atom. The Morgan fingerprint density at radius 1 is 0.469 bits per heavy atom. The van der Waals surface area contributed by atoms with Gasteiger partial charge in [0.2, 0.25) is 0 Å². The molecule has 0 aromatic rings. The van der Waals surface area contributed by atoms with E-state index in [0.717, 1.165) is 44.9 Å². The standard InChI is InChI=1S/C26H46O6/c27-25(28)31-23-21-19-17-15-13-11-9-7-5-3-1-2-4-6-8-10-12-14-16-18-20-22-24-32-26(29)30/h1-2,5,7H,3-4,6,8-24H2,(H,27,28)(H,29,30). The predicted molar refractivity (Wildman–Crippen MR) is 129 cm³/mol. The molecule has 0 aromatic carbocycles. The molecule has 0 radical (unpaired) electrons. The summed E-state index contributed by atoms with van der Waals surface area (Å²) in [6, 6.07) is 0. The van der Waals surface area contributed by atoms with Crippen LogP contribution < -0.4 is 0 Å². The van der Waals surface area contributed by atoms with Gasteiger partial charge < -0.3 is 19.7 Å². The van der Waals surface area contributed by atoms with Gasteiger partial charge in [0.25, 0.3) is 0 Å². The lowest BCUT2D eigenvalue weighted by atomic mass is 10.1. The number of unbranched alkanes of at least 4 members (excludes halogenated alkanes) is 15. The highest BCUT2D eigenvalue weighted by Crippen LogP contribution is 2.11. The summed E-state index contributed by atoms with van der Waals surface area (Å²) in [5.74, 6) is 0. The fraction of sp³-hybridized carbons (Fsp3) is 0.769. The first kappa shape index (κ1) is 30.0. The zero-order chi connectivity index (χ0) is 23.5. The molecule has 186 valence electrons. The summed E-state index contributed by atoms with van der Waals surface area (Å²) >= 11 is 0. The summed E-state index contributed by atoms with van der Waals surface area (Å²) in [4.78, 5) is 20.4. The molecule has 0 amide bonds. The Kier molecular flexibility index (Phi) is 23.7. The van der Waals surface area contributed by atoms with Crippen LogP contribution >= 0.6 is 0 Å². The summed E-state index contributed by atoms with van der Waals surface area (Å²) in [6.45, 7) is 0.650. The van der Waals surface area contributed by atoms with Crippen molar-refractivity contribution in [3.8, 4) is 0 Å². The van der Waals surface area contributed by atoms with Crippen molar-refractivity contribution in [1.29, 1.82) is 0 Å². The van der Waals surface area contributed by atoms with Crippen LogP contribution in [0.1, 0.15) is 116 Å². The second-order valence-electron chi connectivity index (χ2n) is 8.29. The molecule has 0 aliphatic heterocycles. The minimum Gasteiger partial charge on any atom is -0.450 e. The van der Waals surface area contributed by atoms with Gasteiger partial charge in [-0.1, -0.05) is 94.9 Å². The van der Waals surface area contributed by atoms with Gasteiger partial charge in [-0.15, -0.1) is 0 Å². The third-order valence-electron chi connectivity index (χ3n) is 5.34. The maximum atomic E-state index is 10.2. The molecule has 0 spiro atoms. The van der Waals surface area contributed by atoms with E-state index < -0.39 is 12.3 Å². The molecule has 0 saturated heterocycles. The molecule has 32 heavy (non-hydrogen) atoms. The third kappa shape index (κ3) is 28.0. The molecule has 6 heteroatoms. The van der Waals surface area contributed by atoms with E-state index in [1.807, 2.05) is 0 Å². The smallest absolute Gasteiger partial charge is 0.450 e. The Morgan fingerprint density at radius 3 is 1.12 bits per heavy atom. The summed E-state index contributed by atoms with van der Waals surface area (Å²) in [6.07, 6.45) is 27.6. The van der Waals surface area contributed by atoms with E-state index in [4.69, 9.17) is 10.2 Å². The molecule has 0 rings (SSSR count). The van der Waals surface area contributed by atoms with Crippen LogP contribution in [0.25, 0.3) is 0 Å². The van der Waals surface area contributed by atoms with E-state index in [-0.39, 0.29) is 0 Å². The maximum Gasteiger partial charge on any atom is 0.505 e. The molecule has 0 bridgehead atoms. The van der Waals surface area contributed by atoms with Crippen LogP contribution in [0.4, 0.5) is 9.59 Å². The summed E-state index contributed by atoms with van der Waals surface area (Å²) in [5, 5.41) is 16.7. The molecule has 0 aromatic heterocycles. The van der Waals surface area contributed by atoms with Gasteiger partial charge in [-0.3, -0.25) is 0 Å². The number of allylic oxidation sites excluding steroid dienone is 4. The van der Waals surface area contributed by atoms with Gasteiger partial charge in [-0.25, -0.2) is 9.59 Å². The molecule has 0 unspecified atom stereocenters. The number of hydrogen-bond acceptors (Lipinski definition) is 4. The Labute approximate surface area is 195 Å². The number of ether oxygens (including phenoxy) is 2. The first-order valence-corrected chi connectivity index (χ1v) is 12.6. The van der Waals surface area contributed by atoms with Crippen molar-refractivity contribution in [2.75, 3.05) is 13.2 Å². The van der Waals surface area contributed by atoms with E-state index >= 15 is 0 Å². The first-order valence-electron chi connectivity index (χ1n) is 12.6. The molecular weight excluding hydrogens is 408 g/mol. The number of hydrogen-bond donors (Lipinski definition) is 2. The maximum absolute atomic E-state index is 10.2. The van der Waals surface area contributed by atoms with Crippen LogP contribution in [0.5, 0.6) is 0 Å². The second-order valence-corrected chi connectivity index (χ2v) is 8.29. The van der Waals surface area contributed by atoms with Crippen LogP contribution in [0, 0.1) is 0 Å². The molecule has 0 fully saturated rings. The SMILES string of the molecule is O=C(O)OCCCCCCCCC=CCC=CCCCCCCCCCCCOC(=O)O. The fourth-order valence-electron chi connectivity index (χ4n) is 3.50. The topological polar surface area (TPSA) is 93.1 Å². The van der Waals surface area contributed by atoms with Crippen molar-refractivity contribution < 1.29 is 29.3 Å². The monoisotopic (exact) mass is 454 g/mol. The predicted octanol–water partition coefficient (Wildman–Crippen LogP) is 8.51. The quantitative estimate of drug-likeness (QED) is 0.0913. The lowest BCUT2D eigenvalue weighted by Crippen LogP contribution is -2.01. The first-order chi connectivity index (χ1) is 15.6. The number of carboxylic acid groups (broad SMARTS) is 2. The Bertz CT molecular complexity index is 487. The normalized spacial score (nSPS) is 11.4. The highest BCUT2D eigenvalue weighted by atomic mass is 16.7. The van der Waals surface area contributed by atoms with E-state index in [9.17, 15) is 9.59 Å². The number of rotatable bonds is 23. The van der Waals surface area contributed by atoms with Gasteiger partial charge in [0.1, 0.15) is 0 Å². The average Bonchev–Trinajstić information content (AvgIpc) is 2.75. The van der Waals surface area contributed by atoms with Crippen molar-refractivity contribution in [1.82, 2.24) is 0 Å². The summed E-state index contributed by atoms with van der Waals surface area (Å²) < 4.78 is 8.97. The molecule has 2 N–H and O–H groups in total. The Hall–Kier alpha value is -1.98. The molecule has 0 saturated carbocycles. The Balaban J connectivity index is 3.18. The second kappa shape index (κ2) is 25.3. The molecule has 6 nitrogen and oxygen atoms in total. The van der Waals surface area contributed by atoms with Crippen LogP contribution in [-0.2, 0) is 9.47 Å². The van der Waals surface area contributed by atoms with Gasteiger partial charge in [0, 0.05) is 0 Å². The molecule has 0 heterocycles. The van der Waals surface area contributed by atoms with Crippen LogP contribution in [0.3, 0.4) is 0 Å². The van der Waals surface area contributed by atoms with Gasteiger partial charge in [0.15, 0.2) is 0 Å². The minimum atomic E-state index is -1.18. The third-order valence-corrected chi connectivity index (χ3v) is 5.34. The molecule has 0 aliphatic carbocycles. The van der Waals surface area contributed by atoms with Crippen molar-refractivity contribution in [2.24, 2.45) is 0 Å². The summed E-state index contributed by atoms with van der Waals surface area (Å²) in [7, 11) is 0. The summed E-state index contributed by atoms with van der Waals surface area (Å²) in [5.41, 5.74) is 0. The lowest BCUT2D eigenvalue weighted by Gasteiger charge is -2.02. The van der Waals surface area contributed by atoms with Crippen LogP contribution in [-0.4, -0.2) is 35.7 Å². The van der Waals surface area contributed by atoms with Gasteiger partial charge >= 0.3 is 12.3 Å². The molecule has 0 aliphatic rings. The van der Waals surface area contributed by atoms with E-state index in [2.05, 4.69) is 33.8 Å². The van der Waals surface area contributed by atoms with Crippen LogP contribution in [0.15, 0.2) is 24.3 Å². The van der Waals surface area contributed by atoms with Crippen molar-refractivity contribution >= 4 is 12.3 Å². The lowest BCUT2D eigenvalue weighted by molar-refractivity contribution is 0.0887. The van der Waals surface area contributed by atoms with Crippen molar-refractivity contribution in [2.45, 2.75) is 116 Å². The van der Waals surface area contributed by atoms with E-state index in [1.165, 1.54) is 70.6 Å². The van der Waals surface area contributed by atoms with Crippen molar-refractivity contribution in [3.63, 3.8) is 0 Å². The minimum absolute atomic E-state index is 0.322. The zero-order valence-electron chi connectivity index (χ0n) is 20.0. The van der Waals surface area contributed by atoms with Gasteiger partial charge in [0.05, 0.1) is 13.2 Å². The van der Waals surface area contributed by atoms with Gasteiger partial charge in [-0.05, 0) is 44.9 Å². The highest BCUT2D eigenvalue weighted by molar-refractivity contribution is 5.56. The largest absolute Gasteiger partial charge is 0.505 e. The van der Waals surface area contributed by atoms with Crippen LogP contribution in [0.2, 0.25) is 0 Å². The van der Waals surface area contributed by atoms with E-state index in [0.29, 0.717) is 13.2 Å². The van der Waals surface area contributed by atoms with E-state index in [1.54, 1.807) is 0 Å². The molecular formula is C26H46O6. The number of carbonyl (C=O) groups is 2. The average molecular weight is 455 g/mol. The van der Waals surface area contributed by atoms with Gasteiger partial charge in [-0.2, -0.15) is 0 Å². The highest BCUT2D eigenvalue weighted by Gasteiger charge is 1.97.